The van der Waals surface area contributed by atoms with Crippen molar-refractivity contribution in [3.63, 3.8) is 0 Å². The highest BCUT2D eigenvalue weighted by molar-refractivity contribution is 9.10. The Balaban J connectivity index is 2.07. The van der Waals surface area contributed by atoms with E-state index in [2.05, 4.69) is 21.2 Å². The highest BCUT2D eigenvalue weighted by atomic mass is 79.9. The lowest BCUT2D eigenvalue weighted by atomic mass is 10.0. The molecule has 0 aliphatic carbocycles. The first-order chi connectivity index (χ1) is 19.3. The second kappa shape index (κ2) is 14.5. The van der Waals surface area contributed by atoms with Gasteiger partial charge in [0.15, 0.2) is 0 Å². The Morgan fingerprint density at radius 1 is 0.951 bits per heavy atom. The van der Waals surface area contributed by atoms with Gasteiger partial charge in [0.25, 0.3) is 0 Å². The van der Waals surface area contributed by atoms with E-state index in [1.807, 2.05) is 51.1 Å². The molecule has 1 atom stereocenters. The number of rotatable bonds is 12. The summed E-state index contributed by atoms with van der Waals surface area (Å²) in [7, 11) is -3.86. The number of nitrogens with zero attached hydrogens (tertiary/aromatic N) is 2. The minimum atomic E-state index is -3.86. The quantitative estimate of drug-likeness (QED) is 0.245. The number of aryl methyl sites for hydroxylation is 1. The second-order valence-electron chi connectivity index (χ2n) is 10.3. The van der Waals surface area contributed by atoms with Gasteiger partial charge in [0.2, 0.25) is 21.8 Å². The van der Waals surface area contributed by atoms with Gasteiger partial charge in [-0.3, -0.25) is 13.9 Å². The number of hydrogen-bond acceptors (Lipinski definition) is 4. The maximum atomic E-state index is 14.1. The van der Waals surface area contributed by atoms with Crippen LogP contribution in [0.4, 0.5) is 5.69 Å². The summed E-state index contributed by atoms with van der Waals surface area (Å²) in [5.74, 6) is -0.680. The van der Waals surface area contributed by atoms with E-state index in [1.165, 1.54) is 4.90 Å². The van der Waals surface area contributed by atoms with Crippen molar-refractivity contribution in [3.8, 4) is 0 Å². The van der Waals surface area contributed by atoms with Crippen molar-refractivity contribution >= 4 is 66.7 Å². The molecule has 0 radical (unpaired) electrons. The molecule has 0 aliphatic rings. The van der Waals surface area contributed by atoms with Crippen LogP contribution in [0.3, 0.4) is 0 Å². The van der Waals surface area contributed by atoms with Crippen LogP contribution in [-0.2, 0) is 32.6 Å². The van der Waals surface area contributed by atoms with E-state index in [1.54, 1.807) is 36.4 Å². The minimum absolute atomic E-state index is 0.0132. The number of amides is 2. The van der Waals surface area contributed by atoms with E-state index in [4.69, 9.17) is 23.2 Å². The molecule has 0 heterocycles. The molecule has 0 bridgehead atoms. The van der Waals surface area contributed by atoms with Gasteiger partial charge in [0, 0.05) is 24.0 Å². The maximum Gasteiger partial charge on any atom is 0.244 e. The molecule has 3 aromatic carbocycles. The number of anilines is 1. The van der Waals surface area contributed by atoms with E-state index in [0.717, 1.165) is 26.2 Å². The average molecular weight is 683 g/mol. The summed E-state index contributed by atoms with van der Waals surface area (Å²) in [5.41, 5.74) is 2.66. The average Bonchev–Trinajstić information content (AvgIpc) is 2.91. The lowest BCUT2D eigenvalue weighted by Crippen LogP contribution is -2.53. The summed E-state index contributed by atoms with van der Waals surface area (Å²) in [6.07, 6.45) is 1.28. The fraction of sp³-hybridized carbons (Fsp3) is 0.333. The van der Waals surface area contributed by atoms with Crippen molar-refractivity contribution in [3.05, 3.63) is 97.9 Å². The molecule has 7 nitrogen and oxygen atoms in total. The highest BCUT2D eigenvalue weighted by Crippen LogP contribution is 2.27. The van der Waals surface area contributed by atoms with Gasteiger partial charge in [0.1, 0.15) is 12.6 Å². The molecule has 11 heteroatoms. The third-order valence-corrected chi connectivity index (χ3v) is 9.17. The lowest BCUT2D eigenvalue weighted by molar-refractivity contribution is -0.140. The first kappa shape index (κ1) is 32.9. The fourth-order valence-corrected chi connectivity index (χ4v) is 5.62. The van der Waals surface area contributed by atoms with Crippen LogP contribution in [0, 0.1) is 12.8 Å². The van der Waals surface area contributed by atoms with Gasteiger partial charge in [-0.1, -0.05) is 89.4 Å². The number of nitrogens with one attached hydrogen (secondary N) is 1. The van der Waals surface area contributed by atoms with E-state index in [0.29, 0.717) is 27.8 Å². The normalized spacial score (nSPS) is 12.2. The van der Waals surface area contributed by atoms with Gasteiger partial charge in [0.05, 0.1) is 22.0 Å². The number of hydrogen-bond donors (Lipinski definition) is 1. The van der Waals surface area contributed by atoms with E-state index >= 15 is 0 Å². The van der Waals surface area contributed by atoms with E-state index in [9.17, 15) is 18.0 Å². The standard InChI is InChI=1S/C30H34BrCl2N3O4S/c1-20(2)17-34-30(38)28(16-22-8-6-5-7-9-22)35(18-23-10-13-26(32)27(33)15-23)29(37)19-36(41(4,39)40)24-11-12-25(31)21(3)14-24/h5-15,20,28H,16-19H2,1-4H3,(H,34,38)/t28-/m1/s1. The van der Waals surface area contributed by atoms with Gasteiger partial charge in [-0.2, -0.15) is 0 Å². The predicted molar refractivity (Wildman–Crippen MR) is 170 cm³/mol. The number of halogens is 3. The zero-order valence-electron chi connectivity index (χ0n) is 23.4. The molecule has 220 valence electrons. The SMILES string of the molecule is Cc1cc(N(CC(=O)N(Cc2ccc(Cl)c(Cl)c2)[C@H](Cc2ccccc2)C(=O)NCC(C)C)S(C)(=O)=O)ccc1Br. The molecule has 0 aromatic heterocycles. The van der Waals surface area contributed by atoms with Gasteiger partial charge in [-0.05, 0) is 59.9 Å². The van der Waals surface area contributed by atoms with Crippen molar-refractivity contribution in [2.45, 2.75) is 39.8 Å². The van der Waals surface area contributed by atoms with Crippen LogP contribution in [-0.4, -0.2) is 50.5 Å². The Kier molecular flexibility index (Phi) is 11.7. The van der Waals surface area contributed by atoms with Gasteiger partial charge >= 0.3 is 0 Å². The van der Waals surface area contributed by atoms with E-state index in [-0.39, 0.29) is 24.8 Å². The summed E-state index contributed by atoms with van der Waals surface area (Å²) < 4.78 is 27.7. The molecule has 0 fully saturated rings. The molecule has 2 amide bonds. The van der Waals surface area contributed by atoms with Gasteiger partial charge in [-0.25, -0.2) is 8.42 Å². The third-order valence-electron chi connectivity index (χ3n) is 6.40. The summed E-state index contributed by atoms with van der Waals surface area (Å²) in [6, 6.07) is 18.5. The Bertz CT molecular complexity index is 1490. The molecule has 0 spiro atoms. The molecule has 0 saturated heterocycles. The summed E-state index contributed by atoms with van der Waals surface area (Å²) >= 11 is 15.8. The zero-order chi connectivity index (χ0) is 30.3. The summed E-state index contributed by atoms with van der Waals surface area (Å²) in [4.78, 5) is 29.2. The Morgan fingerprint density at radius 3 is 2.22 bits per heavy atom. The summed E-state index contributed by atoms with van der Waals surface area (Å²) in [6.45, 7) is 5.74. The van der Waals surface area contributed by atoms with Crippen molar-refractivity contribution in [1.29, 1.82) is 0 Å². The summed E-state index contributed by atoms with van der Waals surface area (Å²) in [5, 5.41) is 3.62. The predicted octanol–water partition coefficient (Wildman–Crippen LogP) is 6.24. The highest BCUT2D eigenvalue weighted by Gasteiger charge is 2.33. The number of carbonyl (C=O) groups excluding carboxylic acids is 2. The van der Waals surface area contributed by atoms with Crippen molar-refractivity contribution in [2.24, 2.45) is 5.92 Å². The largest absolute Gasteiger partial charge is 0.354 e. The topological polar surface area (TPSA) is 86.8 Å². The first-order valence-corrected chi connectivity index (χ1v) is 16.4. The molecule has 41 heavy (non-hydrogen) atoms. The zero-order valence-corrected chi connectivity index (χ0v) is 27.3. The van der Waals surface area contributed by atoms with E-state index < -0.39 is 28.5 Å². The molecule has 3 aromatic rings. The molecule has 0 saturated carbocycles. The lowest BCUT2D eigenvalue weighted by Gasteiger charge is -2.33. The fourth-order valence-electron chi connectivity index (χ4n) is 4.21. The Morgan fingerprint density at radius 2 is 1.63 bits per heavy atom. The second-order valence-corrected chi connectivity index (χ2v) is 13.9. The van der Waals surface area contributed by atoms with Crippen molar-refractivity contribution in [2.75, 3.05) is 23.7 Å². The number of benzene rings is 3. The van der Waals surface area contributed by atoms with Crippen molar-refractivity contribution in [1.82, 2.24) is 10.2 Å². The van der Waals surface area contributed by atoms with Crippen LogP contribution in [0.2, 0.25) is 10.0 Å². The van der Waals surface area contributed by atoms with Crippen LogP contribution in [0.15, 0.2) is 71.2 Å². The minimum Gasteiger partial charge on any atom is -0.354 e. The molecule has 0 unspecified atom stereocenters. The molecule has 3 rings (SSSR count). The maximum absolute atomic E-state index is 14.1. The van der Waals surface area contributed by atoms with Crippen LogP contribution in [0.1, 0.15) is 30.5 Å². The number of sulfonamides is 1. The monoisotopic (exact) mass is 681 g/mol. The Labute approximate surface area is 261 Å². The van der Waals surface area contributed by atoms with Crippen LogP contribution < -0.4 is 9.62 Å². The molecule has 0 aliphatic heterocycles. The van der Waals surface area contributed by atoms with Crippen LogP contribution in [0.5, 0.6) is 0 Å². The van der Waals surface area contributed by atoms with Crippen LogP contribution in [0.25, 0.3) is 0 Å². The third kappa shape index (κ3) is 9.46. The molecular weight excluding hydrogens is 649 g/mol. The number of carbonyl (C=O) groups is 2. The molecule has 1 N–H and O–H groups in total. The Hall–Kier alpha value is -2.59. The van der Waals surface area contributed by atoms with Gasteiger partial charge in [-0.15, -0.1) is 0 Å². The smallest absolute Gasteiger partial charge is 0.244 e. The van der Waals surface area contributed by atoms with Crippen LogP contribution >= 0.6 is 39.1 Å². The molecular formula is C30H34BrCl2N3O4S. The first-order valence-electron chi connectivity index (χ1n) is 13.0. The van der Waals surface area contributed by atoms with Gasteiger partial charge < -0.3 is 10.2 Å². The van der Waals surface area contributed by atoms with Crippen molar-refractivity contribution < 1.29 is 18.0 Å².